The van der Waals surface area contributed by atoms with E-state index in [4.69, 9.17) is 0 Å². The zero-order chi connectivity index (χ0) is 5.70. The molecule has 0 saturated carbocycles. The van der Waals surface area contributed by atoms with Gasteiger partial charge in [0.2, 0.25) is 0 Å². The summed E-state index contributed by atoms with van der Waals surface area (Å²) >= 11 is 3.65. The number of hydrogen-bond acceptors (Lipinski definition) is 2. The molecule has 0 bridgehead atoms. The van der Waals surface area contributed by atoms with Gasteiger partial charge in [-0.15, -0.1) is 0 Å². The van der Waals surface area contributed by atoms with Gasteiger partial charge in [-0.3, -0.25) is 0 Å². The van der Waals surface area contributed by atoms with Crippen LogP contribution in [0.1, 0.15) is 26.7 Å². The molecule has 0 radical (unpaired) electrons. The van der Waals surface area contributed by atoms with Gasteiger partial charge < -0.3 is 4.18 Å². The van der Waals surface area contributed by atoms with Crippen molar-refractivity contribution in [3.8, 4) is 0 Å². The smallest absolute Gasteiger partial charge is 0.0690 e. The Kier molecular flexibility index (Phi) is 4.67. The van der Waals surface area contributed by atoms with Gasteiger partial charge in [-0.25, -0.2) is 0 Å². The third-order valence-electron chi connectivity index (χ3n) is 0.875. The van der Waals surface area contributed by atoms with E-state index in [1.54, 1.807) is 0 Å². The Balaban J connectivity index is 2.83. The van der Waals surface area contributed by atoms with Crippen LogP contribution in [0.4, 0.5) is 0 Å². The molecule has 0 heterocycles. The molecule has 1 atom stereocenters. The molecular formula is C5H12OS. The summed E-state index contributed by atoms with van der Waals surface area (Å²) in [7, 11) is 0. The minimum atomic E-state index is 0.313. The standard InChI is InChI=1S/C5H12OS/c1-3-4-5(2)6-7/h5,7H,3-4H2,1-2H3/t5-/m1/s1. The third-order valence-corrected chi connectivity index (χ3v) is 1.24. The summed E-state index contributed by atoms with van der Waals surface area (Å²) in [6.07, 6.45) is 2.58. The molecule has 0 N–H and O–H groups in total. The lowest BCUT2D eigenvalue weighted by Gasteiger charge is -2.02. The highest BCUT2D eigenvalue weighted by Crippen LogP contribution is 2.00. The van der Waals surface area contributed by atoms with Crippen molar-refractivity contribution in [2.45, 2.75) is 32.8 Å². The average Bonchev–Trinajstić information content (AvgIpc) is 1.68. The predicted octanol–water partition coefficient (Wildman–Crippen LogP) is 2.04. The van der Waals surface area contributed by atoms with E-state index in [2.05, 4.69) is 24.0 Å². The summed E-state index contributed by atoms with van der Waals surface area (Å²) in [5.74, 6) is 0. The van der Waals surface area contributed by atoms with E-state index in [0.29, 0.717) is 6.10 Å². The van der Waals surface area contributed by atoms with Crippen LogP contribution in [0.15, 0.2) is 0 Å². The quantitative estimate of drug-likeness (QED) is 0.443. The summed E-state index contributed by atoms with van der Waals surface area (Å²) in [5.41, 5.74) is 0. The van der Waals surface area contributed by atoms with Crippen LogP contribution in [0.3, 0.4) is 0 Å². The molecule has 44 valence electrons. The van der Waals surface area contributed by atoms with Crippen LogP contribution in [0.25, 0.3) is 0 Å². The van der Waals surface area contributed by atoms with E-state index in [1.807, 2.05) is 6.92 Å². The van der Waals surface area contributed by atoms with E-state index >= 15 is 0 Å². The molecule has 1 nitrogen and oxygen atoms in total. The Morgan fingerprint density at radius 2 is 2.29 bits per heavy atom. The Hall–Kier alpha value is 0.310. The van der Waals surface area contributed by atoms with Crippen molar-refractivity contribution in [2.24, 2.45) is 0 Å². The average molecular weight is 120 g/mol. The van der Waals surface area contributed by atoms with Crippen LogP contribution in [-0.2, 0) is 4.18 Å². The molecule has 0 aliphatic rings. The lowest BCUT2D eigenvalue weighted by molar-refractivity contribution is 0.256. The van der Waals surface area contributed by atoms with Crippen molar-refractivity contribution in [2.75, 3.05) is 0 Å². The number of hydrogen-bond donors (Lipinski definition) is 1. The molecule has 2 heteroatoms. The zero-order valence-corrected chi connectivity index (χ0v) is 5.74. The van der Waals surface area contributed by atoms with Crippen molar-refractivity contribution in [3.05, 3.63) is 0 Å². The molecule has 0 spiro atoms. The summed E-state index contributed by atoms with van der Waals surface area (Å²) in [5, 5.41) is 0. The maximum atomic E-state index is 4.69. The topological polar surface area (TPSA) is 9.23 Å². The second-order valence-electron chi connectivity index (χ2n) is 1.70. The minimum Gasteiger partial charge on any atom is -0.316 e. The fraction of sp³-hybridized carbons (Fsp3) is 1.00. The van der Waals surface area contributed by atoms with E-state index in [9.17, 15) is 0 Å². The van der Waals surface area contributed by atoms with Gasteiger partial charge in [0, 0.05) is 0 Å². The largest absolute Gasteiger partial charge is 0.316 e. The lowest BCUT2D eigenvalue weighted by Crippen LogP contribution is -1.98. The molecule has 0 amide bonds. The summed E-state index contributed by atoms with van der Waals surface area (Å²) in [4.78, 5) is 0. The van der Waals surface area contributed by atoms with Gasteiger partial charge in [0.1, 0.15) is 0 Å². The van der Waals surface area contributed by atoms with Crippen molar-refractivity contribution in [3.63, 3.8) is 0 Å². The lowest BCUT2D eigenvalue weighted by atomic mass is 10.2. The van der Waals surface area contributed by atoms with Crippen molar-refractivity contribution in [1.82, 2.24) is 0 Å². The van der Waals surface area contributed by atoms with E-state index < -0.39 is 0 Å². The molecule has 0 aromatic rings. The molecule has 0 aliphatic carbocycles. The third kappa shape index (κ3) is 4.16. The number of rotatable bonds is 3. The maximum Gasteiger partial charge on any atom is 0.0690 e. The van der Waals surface area contributed by atoms with Gasteiger partial charge in [-0.05, 0) is 26.3 Å². The van der Waals surface area contributed by atoms with Crippen LogP contribution in [-0.4, -0.2) is 6.10 Å². The van der Waals surface area contributed by atoms with Gasteiger partial charge in [-0.2, -0.15) is 0 Å². The molecular weight excluding hydrogens is 108 g/mol. The first-order valence-electron chi connectivity index (χ1n) is 2.61. The first-order chi connectivity index (χ1) is 3.31. The van der Waals surface area contributed by atoms with Crippen molar-refractivity contribution < 1.29 is 4.18 Å². The summed E-state index contributed by atoms with van der Waals surface area (Å²) in [6.45, 7) is 4.14. The van der Waals surface area contributed by atoms with Gasteiger partial charge in [-0.1, -0.05) is 13.3 Å². The monoisotopic (exact) mass is 120 g/mol. The second-order valence-corrected chi connectivity index (χ2v) is 1.92. The predicted molar refractivity (Wildman–Crippen MR) is 34.4 cm³/mol. The summed E-state index contributed by atoms with van der Waals surface area (Å²) < 4.78 is 4.69. The fourth-order valence-electron chi connectivity index (χ4n) is 0.459. The van der Waals surface area contributed by atoms with Crippen molar-refractivity contribution in [1.29, 1.82) is 0 Å². The highest BCUT2D eigenvalue weighted by atomic mass is 32.1. The van der Waals surface area contributed by atoms with Crippen LogP contribution >= 0.6 is 12.9 Å². The fourth-order valence-corrected chi connectivity index (χ4v) is 0.565. The molecule has 0 aromatic heterocycles. The normalized spacial score (nSPS) is 14.1. The highest BCUT2D eigenvalue weighted by Gasteiger charge is 1.93. The SMILES string of the molecule is CCC[C@@H](C)OS. The van der Waals surface area contributed by atoms with Gasteiger partial charge in [0.15, 0.2) is 0 Å². The molecule has 7 heavy (non-hydrogen) atoms. The van der Waals surface area contributed by atoms with E-state index in [0.717, 1.165) is 6.42 Å². The van der Waals surface area contributed by atoms with E-state index in [1.165, 1.54) is 6.42 Å². The Labute approximate surface area is 50.7 Å². The first kappa shape index (κ1) is 7.31. The first-order valence-corrected chi connectivity index (χ1v) is 2.98. The molecule has 0 rings (SSSR count). The maximum absolute atomic E-state index is 4.69. The van der Waals surface area contributed by atoms with Crippen LogP contribution in [0, 0.1) is 0 Å². The van der Waals surface area contributed by atoms with Gasteiger partial charge in [0.05, 0.1) is 6.10 Å². The van der Waals surface area contributed by atoms with Crippen molar-refractivity contribution >= 4 is 12.9 Å². The zero-order valence-electron chi connectivity index (χ0n) is 4.85. The van der Waals surface area contributed by atoms with Crippen LogP contribution < -0.4 is 0 Å². The molecule has 0 aliphatic heterocycles. The molecule has 0 aromatic carbocycles. The molecule has 0 saturated heterocycles. The summed E-state index contributed by atoms with van der Waals surface area (Å²) in [6, 6.07) is 0. The Morgan fingerprint density at radius 1 is 1.71 bits per heavy atom. The second kappa shape index (κ2) is 4.47. The number of thiol groups is 1. The Bertz CT molecular complexity index is 39.1. The van der Waals surface area contributed by atoms with Crippen LogP contribution in [0.2, 0.25) is 0 Å². The van der Waals surface area contributed by atoms with Gasteiger partial charge in [0.25, 0.3) is 0 Å². The Morgan fingerprint density at radius 3 is 2.43 bits per heavy atom. The van der Waals surface area contributed by atoms with Gasteiger partial charge >= 0.3 is 0 Å². The highest BCUT2D eigenvalue weighted by molar-refractivity contribution is 7.75. The molecule has 0 fully saturated rings. The van der Waals surface area contributed by atoms with Crippen LogP contribution in [0.5, 0.6) is 0 Å². The molecule has 0 unspecified atom stereocenters. The van der Waals surface area contributed by atoms with E-state index in [-0.39, 0.29) is 0 Å². The minimum absolute atomic E-state index is 0.313.